The summed E-state index contributed by atoms with van der Waals surface area (Å²) in [5.41, 5.74) is 2.05. The lowest BCUT2D eigenvalue weighted by atomic mass is 9.99. The van der Waals surface area contributed by atoms with E-state index < -0.39 is 12.2 Å². The SMILES string of the molecule is CC(C)N1C(=O)[C@H](CC(=O)NCc2nnn[nH]2)O[C@@H](c2ccccc2Cl)c2cc(Cl)ccc21. The highest BCUT2D eigenvalue weighted by molar-refractivity contribution is 6.31. The minimum absolute atomic E-state index is 0.102. The van der Waals surface area contributed by atoms with Crippen LogP contribution in [0.5, 0.6) is 0 Å². The van der Waals surface area contributed by atoms with E-state index in [9.17, 15) is 9.59 Å². The van der Waals surface area contributed by atoms with Crippen molar-refractivity contribution in [1.82, 2.24) is 25.9 Å². The molecule has 1 aliphatic heterocycles. The fourth-order valence-corrected chi connectivity index (χ4v) is 4.21. The summed E-state index contributed by atoms with van der Waals surface area (Å²) in [6.07, 6.45) is -1.93. The molecule has 0 unspecified atom stereocenters. The Kier molecular flexibility index (Phi) is 6.92. The molecule has 9 nitrogen and oxygen atoms in total. The van der Waals surface area contributed by atoms with Crippen LogP contribution in [0.4, 0.5) is 5.69 Å². The van der Waals surface area contributed by atoms with Crippen LogP contribution in [-0.4, -0.2) is 44.6 Å². The Hall–Kier alpha value is -3.01. The van der Waals surface area contributed by atoms with Crippen molar-refractivity contribution in [3.05, 3.63) is 69.5 Å². The zero-order valence-corrected chi connectivity index (χ0v) is 19.5. The van der Waals surface area contributed by atoms with E-state index in [1.807, 2.05) is 32.0 Å². The maximum atomic E-state index is 13.6. The summed E-state index contributed by atoms with van der Waals surface area (Å²) in [4.78, 5) is 27.9. The predicted octanol–water partition coefficient (Wildman–Crippen LogP) is 3.44. The minimum Gasteiger partial charge on any atom is -0.355 e. The van der Waals surface area contributed by atoms with Crippen molar-refractivity contribution in [3.63, 3.8) is 0 Å². The molecule has 2 heterocycles. The molecule has 3 aromatic rings. The number of nitrogens with one attached hydrogen (secondary N) is 2. The van der Waals surface area contributed by atoms with E-state index in [-0.39, 0.29) is 30.8 Å². The summed E-state index contributed by atoms with van der Waals surface area (Å²) >= 11 is 12.8. The average Bonchev–Trinajstić information content (AvgIpc) is 3.27. The number of benzene rings is 2. The van der Waals surface area contributed by atoms with E-state index >= 15 is 0 Å². The summed E-state index contributed by atoms with van der Waals surface area (Å²) in [6, 6.07) is 12.4. The number of amides is 2. The molecule has 0 saturated heterocycles. The molecule has 2 atom stereocenters. The van der Waals surface area contributed by atoms with Crippen molar-refractivity contribution < 1.29 is 14.3 Å². The Balaban J connectivity index is 1.71. The second-order valence-electron chi connectivity index (χ2n) is 7.86. The number of carbonyl (C=O) groups is 2. The Labute approximate surface area is 200 Å². The minimum atomic E-state index is -1.05. The van der Waals surface area contributed by atoms with Gasteiger partial charge >= 0.3 is 0 Å². The molecule has 0 fully saturated rings. The van der Waals surface area contributed by atoms with Gasteiger partial charge < -0.3 is 15.0 Å². The molecular weight excluding hydrogens is 467 g/mol. The number of hydrogen-bond acceptors (Lipinski definition) is 6. The molecule has 2 amide bonds. The molecule has 0 aliphatic carbocycles. The van der Waals surface area contributed by atoms with Crippen LogP contribution in [0.2, 0.25) is 10.0 Å². The van der Waals surface area contributed by atoms with E-state index in [1.54, 1.807) is 29.2 Å². The number of aromatic amines is 1. The van der Waals surface area contributed by atoms with Crippen LogP contribution in [0, 0.1) is 0 Å². The van der Waals surface area contributed by atoms with Crippen LogP contribution in [0.25, 0.3) is 0 Å². The maximum Gasteiger partial charge on any atom is 0.256 e. The highest BCUT2D eigenvalue weighted by atomic mass is 35.5. The standard InChI is InChI=1S/C22H22Cl2N6O3/c1-12(2)30-17-8-7-13(23)9-15(17)21(14-5-3-4-6-16(14)24)33-18(22(30)32)10-20(31)25-11-19-26-28-29-27-19/h3-9,12,18,21H,10-11H2,1-2H3,(H,25,31)(H,26,27,28,29)/t18-,21-/m0/s1. The number of fused-ring (bicyclic) bond motifs is 1. The van der Waals surface area contributed by atoms with Gasteiger partial charge in [-0.2, -0.15) is 0 Å². The first-order valence-corrected chi connectivity index (χ1v) is 11.1. The van der Waals surface area contributed by atoms with Gasteiger partial charge in [0.05, 0.1) is 18.7 Å². The Morgan fingerprint density at radius 3 is 2.70 bits per heavy atom. The van der Waals surface area contributed by atoms with Gasteiger partial charge in [0.2, 0.25) is 5.91 Å². The maximum absolute atomic E-state index is 13.6. The lowest BCUT2D eigenvalue weighted by Gasteiger charge is -2.28. The Morgan fingerprint density at radius 1 is 1.21 bits per heavy atom. The van der Waals surface area contributed by atoms with Gasteiger partial charge in [-0.05, 0) is 48.5 Å². The zero-order chi connectivity index (χ0) is 23.5. The molecule has 1 aromatic heterocycles. The highest BCUT2D eigenvalue weighted by Gasteiger charge is 2.39. The number of tetrazole rings is 1. The van der Waals surface area contributed by atoms with E-state index in [2.05, 4.69) is 25.9 Å². The number of halogens is 2. The van der Waals surface area contributed by atoms with Gasteiger partial charge in [0.1, 0.15) is 12.2 Å². The fourth-order valence-electron chi connectivity index (χ4n) is 3.80. The monoisotopic (exact) mass is 488 g/mol. The molecule has 2 aromatic carbocycles. The van der Waals surface area contributed by atoms with E-state index in [4.69, 9.17) is 27.9 Å². The first kappa shape index (κ1) is 23.2. The van der Waals surface area contributed by atoms with Crippen molar-refractivity contribution >= 4 is 40.7 Å². The molecule has 33 heavy (non-hydrogen) atoms. The van der Waals surface area contributed by atoms with Crippen LogP contribution in [0.1, 0.15) is 43.3 Å². The first-order chi connectivity index (χ1) is 15.8. The summed E-state index contributed by atoms with van der Waals surface area (Å²) in [7, 11) is 0. The molecule has 0 radical (unpaired) electrons. The van der Waals surface area contributed by atoms with Gasteiger partial charge in [-0.25, -0.2) is 5.10 Å². The van der Waals surface area contributed by atoms with Crippen molar-refractivity contribution in [2.24, 2.45) is 0 Å². The number of ether oxygens (including phenoxy) is 1. The van der Waals surface area contributed by atoms with E-state index in [0.29, 0.717) is 32.7 Å². The Morgan fingerprint density at radius 2 is 2.00 bits per heavy atom. The summed E-state index contributed by atoms with van der Waals surface area (Å²) in [5, 5.41) is 16.9. The lowest BCUT2D eigenvalue weighted by molar-refractivity contribution is -0.138. The van der Waals surface area contributed by atoms with Crippen molar-refractivity contribution in [3.8, 4) is 0 Å². The van der Waals surface area contributed by atoms with Crippen LogP contribution >= 0.6 is 23.2 Å². The van der Waals surface area contributed by atoms with Crippen LogP contribution in [0.15, 0.2) is 42.5 Å². The third-order valence-corrected chi connectivity index (χ3v) is 5.84. The molecule has 2 N–H and O–H groups in total. The summed E-state index contributed by atoms with van der Waals surface area (Å²) < 4.78 is 6.32. The van der Waals surface area contributed by atoms with E-state index in [1.165, 1.54) is 0 Å². The van der Waals surface area contributed by atoms with Crippen LogP contribution in [0.3, 0.4) is 0 Å². The smallest absolute Gasteiger partial charge is 0.256 e. The largest absolute Gasteiger partial charge is 0.355 e. The molecule has 0 bridgehead atoms. The van der Waals surface area contributed by atoms with Gasteiger partial charge in [0, 0.05) is 27.2 Å². The van der Waals surface area contributed by atoms with Crippen molar-refractivity contribution in [1.29, 1.82) is 0 Å². The quantitative estimate of drug-likeness (QED) is 0.549. The van der Waals surface area contributed by atoms with Gasteiger partial charge in [0.15, 0.2) is 5.82 Å². The average molecular weight is 489 g/mol. The molecular formula is C22H22Cl2N6O3. The fraction of sp³-hybridized carbons (Fsp3) is 0.318. The zero-order valence-electron chi connectivity index (χ0n) is 18.0. The topological polar surface area (TPSA) is 113 Å². The van der Waals surface area contributed by atoms with Gasteiger partial charge in [-0.15, -0.1) is 5.10 Å². The number of aromatic nitrogens is 4. The van der Waals surface area contributed by atoms with Crippen molar-refractivity contribution in [2.45, 2.75) is 45.1 Å². The van der Waals surface area contributed by atoms with Gasteiger partial charge in [0.25, 0.3) is 5.91 Å². The number of hydrogen-bond donors (Lipinski definition) is 2. The molecule has 11 heteroatoms. The molecule has 1 aliphatic rings. The predicted molar refractivity (Wildman–Crippen MR) is 123 cm³/mol. The lowest BCUT2D eigenvalue weighted by Crippen LogP contribution is -2.45. The molecule has 4 rings (SSSR count). The summed E-state index contributed by atoms with van der Waals surface area (Å²) in [5.74, 6) is -0.300. The third-order valence-electron chi connectivity index (χ3n) is 5.26. The third kappa shape index (κ3) is 5.00. The van der Waals surface area contributed by atoms with Crippen LogP contribution < -0.4 is 10.2 Å². The molecule has 0 spiro atoms. The second kappa shape index (κ2) is 9.86. The number of nitrogens with zero attached hydrogens (tertiary/aromatic N) is 4. The van der Waals surface area contributed by atoms with Gasteiger partial charge in [-0.3, -0.25) is 9.59 Å². The second-order valence-corrected chi connectivity index (χ2v) is 8.70. The normalized spacial score (nSPS) is 18.2. The number of rotatable bonds is 6. The molecule has 172 valence electrons. The first-order valence-electron chi connectivity index (χ1n) is 10.4. The number of H-pyrrole nitrogens is 1. The van der Waals surface area contributed by atoms with Crippen LogP contribution in [-0.2, 0) is 20.9 Å². The Bertz CT molecular complexity index is 1150. The van der Waals surface area contributed by atoms with E-state index in [0.717, 1.165) is 0 Å². The number of anilines is 1. The van der Waals surface area contributed by atoms with Gasteiger partial charge in [-0.1, -0.05) is 41.4 Å². The molecule has 0 saturated carbocycles. The number of carbonyl (C=O) groups excluding carboxylic acids is 2. The van der Waals surface area contributed by atoms with Crippen molar-refractivity contribution in [2.75, 3.05) is 4.90 Å². The summed E-state index contributed by atoms with van der Waals surface area (Å²) in [6.45, 7) is 3.91. The highest BCUT2D eigenvalue weighted by Crippen LogP contribution is 2.42.